The van der Waals surface area contributed by atoms with Crippen LogP contribution in [-0.4, -0.2) is 69.3 Å². The zero-order valence-electron chi connectivity index (χ0n) is 13.0. The predicted octanol–water partition coefficient (Wildman–Crippen LogP) is 1.04. The van der Waals surface area contributed by atoms with Gasteiger partial charge in [0, 0.05) is 32.7 Å². The van der Waals surface area contributed by atoms with Gasteiger partial charge in [0.2, 0.25) is 0 Å². The molecule has 0 aliphatic carbocycles. The molecule has 1 fully saturated rings. The van der Waals surface area contributed by atoms with Gasteiger partial charge < -0.3 is 20.1 Å². The van der Waals surface area contributed by atoms with Gasteiger partial charge in [-0.05, 0) is 43.8 Å². The maximum atomic E-state index is 5.79. The summed E-state index contributed by atoms with van der Waals surface area (Å²) in [7, 11) is 1.67. The normalized spacial score (nSPS) is 17.4. The standard InChI is InChI=1S/C16H27N3O2/c1-20-15-3-5-16(6-4-15)21-14-13-19-9-2-8-18(10-7-17)11-12-19/h3-6H,2,7-14,17H2,1H3. The first-order valence-electron chi connectivity index (χ1n) is 7.73. The van der Waals surface area contributed by atoms with Crippen LogP contribution in [0.4, 0.5) is 0 Å². The van der Waals surface area contributed by atoms with E-state index in [4.69, 9.17) is 15.2 Å². The first-order valence-corrected chi connectivity index (χ1v) is 7.73. The summed E-state index contributed by atoms with van der Waals surface area (Å²) in [5, 5.41) is 0. The Kier molecular flexibility index (Phi) is 6.79. The second kappa shape index (κ2) is 8.87. The van der Waals surface area contributed by atoms with Gasteiger partial charge in [-0.15, -0.1) is 0 Å². The molecule has 0 amide bonds. The van der Waals surface area contributed by atoms with Crippen LogP contribution < -0.4 is 15.2 Å². The molecule has 1 saturated heterocycles. The van der Waals surface area contributed by atoms with E-state index >= 15 is 0 Å². The third kappa shape index (κ3) is 5.53. The molecule has 0 aromatic heterocycles. The van der Waals surface area contributed by atoms with Gasteiger partial charge >= 0.3 is 0 Å². The highest BCUT2D eigenvalue weighted by atomic mass is 16.5. The fourth-order valence-corrected chi connectivity index (χ4v) is 2.62. The minimum atomic E-state index is 0.725. The average Bonchev–Trinajstić information content (AvgIpc) is 2.74. The summed E-state index contributed by atoms with van der Waals surface area (Å²) in [6.07, 6.45) is 1.21. The van der Waals surface area contributed by atoms with Crippen molar-refractivity contribution in [3.8, 4) is 11.5 Å². The van der Waals surface area contributed by atoms with Gasteiger partial charge in [-0.25, -0.2) is 0 Å². The molecule has 1 aromatic carbocycles. The molecule has 1 aromatic rings. The fourth-order valence-electron chi connectivity index (χ4n) is 2.62. The Morgan fingerprint density at radius 3 is 2.19 bits per heavy atom. The number of nitrogens with zero attached hydrogens (tertiary/aromatic N) is 2. The Labute approximate surface area is 127 Å². The van der Waals surface area contributed by atoms with Gasteiger partial charge in [0.05, 0.1) is 7.11 Å². The van der Waals surface area contributed by atoms with Crippen LogP contribution in [0.2, 0.25) is 0 Å². The monoisotopic (exact) mass is 293 g/mol. The van der Waals surface area contributed by atoms with E-state index in [0.29, 0.717) is 0 Å². The van der Waals surface area contributed by atoms with Crippen molar-refractivity contribution in [2.24, 2.45) is 5.73 Å². The van der Waals surface area contributed by atoms with Crippen LogP contribution in [-0.2, 0) is 0 Å². The van der Waals surface area contributed by atoms with Crippen molar-refractivity contribution in [2.75, 3.05) is 59.5 Å². The zero-order valence-corrected chi connectivity index (χ0v) is 13.0. The Bertz CT molecular complexity index is 397. The number of methoxy groups -OCH3 is 1. The van der Waals surface area contributed by atoms with Crippen molar-refractivity contribution in [1.29, 1.82) is 0 Å². The Morgan fingerprint density at radius 2 is 1.57 bits per heavy atom. The lowest BCUT2D eigenvalue weighted by Gasteiger charge is -2.21. The number of hydrogen-bond donors (Lipinski definition) is 1. The summed E-state index contributed by atoms with van der Waals surface area (Å²) < 4.78 is 10.9. The molecule has 1 aliphatic heterocycles. The van der Waals surface area contributed by atoms with Gasteiger partial charge in [-0.1, -0.05) is 0 Å². The van der Waals surface area contributed by atoms with Gasteiger partial charge in [-0.3, -0.25) is 4.90 Å². The number of ether oxygens (including phenoxy) is 2. The van der Waals surface area contributed by atoms with E-state index in [1.54, 1.807) is 7.11 Å². The quantitative estimate of drug-likeness (QED) is 0.814. The highest BCUT2D eigenvalue weighted by Gasteiger charge is 2.13. The largest absolute Gasteiger partial charge is 0.497 e. The van der Waals surface area contributed by atoms with Gasteiger partial charge in [-0.2, -0.15) is 0 Å². The molecule has 118 valence electrons. The molecule has 0 saturated carbocycles. The molecule has 0 bridgehead atoms. The van der Waals surface area contributed by atoms with E-state index in [0.717, 1.165) is 63.9 Å². The summed E-state index contributed by atoms with van der Waals surface area (Å²) in [5.41, 5.74) is 5.63. The first-order chi connectivity index (χ1) is 10.3. The van der Waals surface area contributed by atoms with Crippen molar-refractivity contribution in [3.05, 3.63) is 24.3 Å². The molecule has 1 aliphatic rings. The van der Waals surface area contributed by atoms with Gasteiger partial charge in [0.15, 0.2) is 0 Å². The van der Waals surface area contributed by atoms with E-state index in [9.17, 15) is 0 Å². The van der Waals surface area contributed by atoms with Crippen molar-refractivity contribution in [2.45, 2.75) is 6.42 Å². The van der Waals surface area contributed by atoms with Crippen molar-refractivity contribution >= 4 is 0 Å². The molecule has 1 heterocycles. The summed E-state index contributed by atoms with van der Waals surface area (Å²) >= 11 is 0. The molecule has 5 heteroatoms. The summed E-state index contributed by atoms with van der Waals surface area (Å²) in [5.74, 6) is 1.75. The van der Waals surface area contributed by atoms with Crippen LogP contribution in [0.5, 0.6) is 11.5 Å². The first kappa shape index (κ1) is 16.1. The van der Waals surface area contributed by atoms with Crippen LogP contribution in [0.25, 0.3) is 0 Å². The van der Waals surface area contributed by atoms with Crippen molar-refractivity contribution < 1.29 is 9.47 Å². The maximum absolute atomic E-state index is 5.79. The summed E-state index contributed by atoms with van der Waals surface area (Å²) in [4.78, 5) is 4.92. The minimum absolute atomic E-state index is 0.725. The molecule has 0 radical (unpaired) electrons. The minimum Gasteiger partial charge on any atom is -0.497 e. The number of hydrogen-bond acceptors (Lipinski definition) is 5. The van der Waals surface area contributed by atoms with E-state index in [1.165, 1.54) is 6.42 Å². The number of nitrogens with two attached hydrogens (primary N) is 1. The molecule has 0 atom stereocenters. The van der Waals surface area contributed by atoms with E-state index in [2.05, 4.69) is 9.80 Å². The molecular weight excluding hydrogens is 266 g/mol. The molecule has 2 N–H and O–H groups in total. The molecule has 2 rings (SSSR count). The third-order valence-electron chi connectivity index (χ3n) is 3.86. The number of benzene rings is 1. The average molecular weight is 293 g/mol. The Hall–Kier alpha value is -1.30. The maximum Gasteiger partial charge on any atom is 0.119 e. The summed E-state index contributed by atoms with van der Waals surface area (Å²) in [6.45, 7) is 7.98. The SMILES string of the molecule is COc1ccc(OCCN2CCCN(CCN)CC2)cc1. The van der Waals surface area contributed by atoms with Crippen molar-refractivity contribution in [1.82, 2.24) is 9.80 Å². The zero-order chi connectivity index (χ0) is 14.9. The Balaban J connectivity index is 1.68. The van der Waals surface area contributed by atoms with Crippen LogP contribution >= 0.6 is 0 Å². The molecule has 21 heavy (non-hydrogen) atoms. The van der Waals surface area contributed by atoms with E-state index < -0.39 is 0 Å². The predicted molar refractivity (Wildman–Crippen MR) is 85.0 cm³/mol. The van der Waals surface area contributed by atoms with Crippen LogP contribution in [0.3, 0.4) is 0 Å². The van der Waals surface area contributed by atoms with Crippen LogP contribution in [0, 0.1) is 0 Å². The van der Waals surface area contributed by atoms with Gasteiger partial charge in [0.25, 0.3) is 0 Å². The van der Waals surface area contributed by atoms with Gasteiger partial charge in [0.1, 0.15) is 18.1 Å². The lowest BCUT2D eigenvalue weighted by atomic mass is 10.3. The van der Waals surface area contributed by atoms with E-state index in [-0.39, 0.29) is 0 Å². The molecule has 0 spiro atoms. The second-order valence-electron chi connectivity index (χ2n) is 5.35. The van der Waals surface area contributed by atoms with Crippen molar-refractivity contribution in [3.63, 3.8) is 0 Å². The summed E-state index contributed by atoms with van der Waals surface area (Å²) in [6, 6.07) is 7.74. The smallest absolute Gasteiger partial charge is 0.119 e. The molecule has 5 nitrogen and oxygen atoms in total. The molecular formula is C16H27N3O2. The van der Waals surface area contributed by atoms with E-state index in [1.807, 2.05) is 24.3 Å². The second-order valence-corrected chi connectivity index (χ2v) is 5.35. The van der Waals surface area contributed by atoms with Crippen LogP contribution in [0.15, 0.2) is 24.3 Å². The molecule has 0 unspecified atom stereocenters. The lowest BCUT2D eigenvalue weighted by molar-refractivity contribution is 0.209. The highest BCUT2D eigenvalue weighted by molar-refractivity contribution is 5.31. The fraction of sp³-hybridized carbons (Fsp3) is 0.625. The highest BCUT2D eigenvalue weighted by Crippen LogP contribution is 2.16. The topological polar surface area (TPSA) is 51.0 Å². The lowest BCUT2D eigenvalue weighted by Crippen LogP contribution is -2.35. The third-order valence-corrected chi connectivity index (χ3v) is 3.86. The van der Waals surface area contributed by atoms with Crippen LogP contribution in [0.1, 0.15) is 6.42 Å². The number of rotatable bonds is 7. The Morgan fingerprint density at radius 1 is 0.952 bits per heavy atom.